The van der Waals surface area contributed by atoms with Crippen molar-refractivity contribution < 1.29 is 13.5 Å². The Labute approximate surface area is 130 Å². The standard InChI is InChI=1S/C16H23F2N3O/c1-19-16(21-8-6-12(10-21)11-22-2)20-7-5-13-3-4-14(17)9-15(13)18/h3-4,9,12H,5-8,10-11H2,1-2H3,(H,19,20). The smallest absolute Gasteiger partial charge is 0.193 e. The van der Waals surface area contributed by atoms with Crippen molar-refractivity contribution in [2.75, 3.05) is 40.4 Å². The van der Waals surface area contributed by atoms with Crippen LogP contribution in [0.3, 0.4) is 0 Å². The summed E-state index contributed by atoms with van der Waals surface area (Å²) in [7, 11) is 3.46. The molecule has 22 heavy (non-hydrogen) atoms. The molecular weight excluding hydrogens is 288 g/mol. The first-order valence-corrected chi connectivity index (χ1v) is 7.52. The lowest BCUT2D eigenvalue weighted by atomic mass is 10.1. The Kier molecular flexibility index (Phi) is 6.12. The van der Waals surface area contributed by atoms with E-state index in [0.717, 1.165) is 38.1 Å². The minimum Gasteiger partial charge on any atom is -0.384 e. The van der Waals surface area contributed by atoms with Crippen LogP contribution in [0.15, 0.2) is 23.2 Å². The Balaban J connectivity index is 1.82. The molecule has 1 aliphatic heterocycles. The van der Waals surface area contributed by atoms with Crippen molar-refractivity contribution in [3.8, 4) is 0 Å². The molecule has 0 aliphatic carbocycles. The van der Waals surface area contributed by atoms with Crippen molar-refractivity contribution in [2.45, 2.75) is 12.8 Å². The lowest BCUT2D eigenvalue weighted by Crippen LogP contribution is -2.41. The van der Waals surface area contributed by atoms with Crippen LogP contribution in [0.4, 0.5) is 8.78 Å². The van der Waals surface area contributed by atoms with Crippen molar-refractivity contribution in [1.29, 1.82) is 0 Å². The Bertz CT molecular complexity index is 522. The number of methoxy groups -OCH3 is 1. The summed E-state index contributed by atoms with van der Waals surface area (Å²) in [4.78, 5) is 6.45. The molecule has 6 heteroatoms. The number of guanidine groups is 1. The fraction of sp³-hybridized carbons (Fsp3) is 0.562. The summed E-state index contributed by atoms with van der Waals surface area (Å²) < 4.78 is 31.6. The van der Waals surface area contributed by atoms with Crippen molar-refractivity contribution >= 4 is 5.96 Å². The number of nitrogens with one attached hydrogen (secondary N) is 1. The molecular formula is C16H23F2N3O. The van der Waals surface area contributed by atoms with Gasteiger partial charge < -0.3 is 15.0 Å². The van der Waals surface area contributed by atoms with E-state index in [1.54, 1.807) is 14.2 Å². The van der Waals surface area contributed by atoms with Gasteiger partial charge in [0, 0.05) is 45.8 Å². The highest BCUT2D eigenvalue weighted by molar-refractivity contribution is 5.80. The first-order chi connectivity index (χ1) is 10.6. The molecule has 0 amide bonds. The minimum absolute atomic E-state index is 0.487. The van der Waals surface area contributed by atoms with E-state index in [9.17, 15) is 8.78 Å². The maximum absolute atomic E-state index is 13.6. The third-order valence-corrected chi connectivity index (χ3v) is 3.89. The van der Waals surface area contributed by atoms with Gasteiger partial charge in [0.25, 0.3) is 0 Å². The largest absolute Gasteiger partial charge is 0.384 e. The minimum atomic E-state index is -0.550. The summed E-state index contributed by atoms with van der Waals surface area (Å²) in [5.41, 5.74) is 0.503. The Morgan fingerprint density at radius 3 is 2.95 bits per heavy atom. The Morgan fingerprint density at radius 1 is 1.45 bits per heavy atom. The van der Waals surface area contributed by atoms with Crippen molar-refractivity contribution in [1.82, 2.24) is 10.2 Å². The van der Waals surface area contributed by atoms with E-state index in [2.05, 4.69) is 15.2 Å². The van der Waals surface area contributed by atoms with Crippen LogP contribution in [0.1, 0.15) is 12.0 Å². The lowest BCUT2D eigenvalue weighted by Gasteiger charge is -2.21. The van der Waals surface area contributed by atoms with Crippen LogP contribution in [0.2, 0.25) is 0 Å². The molecule has 0 aromatic heterocycles. The quantitative estimate of drug-likeness (QED) is 0.668. The number of halogens is 2. The van der Waals surface area contributed by atoms with Crippen LogP contribution in [0.25, 0.3) is 0 Å². The Hall–Kier alpha value is -1.69. The van der Waals surface area contributed by atoms with Gasteiger partial charge in [-0.1, -0.05) is 6.07 Å². The number of benzene rings is 1. The molecule has 1 N–H and O–H groups in total. The first kappa shape index (κ1) is 16.7. The summed E-state index contributed by atoms with van der Waals surface area (Å²) in [6.45, 7) is 3.17. The normalized spacial score (nSPS) is 18.8. The zero-order valence-corrected chi connectivity index (χ0v) is 13.1. The van der Waals surface area contributed by atoms with Crippen molar-refractivity contribution in [2.24, 2.45) is 10.9 Å². The van der Waals surface area contributed by atoms with E-state index in [1.807, 2.05) is 0 Å². The summed E-state index contributed by atoms with van der Waals surface area (Å²) in [5, 5.41) is 3.24. The second-order valence-corrected chi connectivity index (χ2v) is 5.52. The summed E-state index contributed by atoms with van der Waals surface area (Å²) in [6.07, 6.45) is 1.57. The van der Waals surface area contributed by atoms with Gasteiger partial charge in [-0.05, 0) is 24.5 Å². The predicted octanol–water partition coefficient (Wildman–Crippen LogP) is 2.05. The van der Waals surface area contributed by atoms with E-state index < -0.39 is 11.6 Å². The van der Waals surface area contributed by atoms with Gasteiger partial charge in [0.2, 0.25) is 0 Å². The topological polar surface area (TPSA) is 36.9 Å². The summed E-state index contributed by atoms with van der Waals surface area (Å²) in [5.74, 6) is 0.295. The predicted molar refractivity (Wildman–Crippen MR) is 83.0 cm³/mol. The van der Waals surface area contributed by atoms with Gasteiger partial charge in [-0.3, -0.25) is 4.99 Å². The number of hydrogen-bond donors (Lipinski definition) is 1. The molecule has 1 aromatic rings. The van der Waals surface area contributed by atoms with Crippen LogP contribution >= 0.6 is 0 Å². The molecule has 0 radical (unpaired) electrons. The van der Waals surface area contributed by atoms with Gasteiger partial charge in [-0.25, -0.2) is 8.78 Å². The third-order valence-electron chi connectivity index (χ3n) is 3.89. The molecule has 1 fully saturated rings. The maximum atomic E-state index is 13.6. The molecule has 0 bridgehead atoms. The van der Waals surface area contributed by atoms with E-state index in [0.29, 0.717) is 24.4 Å². The molecule has 4 nitrogen and oxygen atoms in total. The van der Waals surface area contributed by atoms with Gasteiger partial charge in [0.1, 0.15) is 11.6 Å². The number of rotatable bonds is 5. The fourth-order valence-corrected chi connectivity index (χ4v) is 2.76. The number of likely N-dealkylation sites (tertiary alicyclic amines) is 1. The average molecular weight is 311 g/mol. The van der Waals surface area contributed by atoms with Gasteiger partial charge in [-0.15, -0.1) is 0 Å². The molecule has 0 spiro atoms. The van der Waals surface area contributed by atoms with Crippen LogP contribution in [0, 0.1) is 17.6 Å². The van der Waals surface area contributed by atoms with Crippen LogP contribution in [-0.4, -0.2) is 51.3 Å². The molecule has 1 atom stereocenters. The maximum Gasteiger partial charge on any atom is 0.193 e. The zero-order valence-electron chi connectivity index (χ0n) is 13.1. The zero-order chi connectivity index (χ0) is 15.9. The van der Waals surface area contributed by atoms with Gasteiger partial charge in [0.15, 0.2) is 5.96 Å². The molecule has 1 heterocycles. The molecule has 1 aliphatic rings. The van der Waals surface area contributed by atoms with Gasteiger partial charge in [0.05, 0.1) is 6.61 Å². The van der Waals surface area contributed by atoms with Crippen molar-refractivity contribution in [3.05, 3.63) is 35.4 Å². The summed E-state index contributed by atoms with van der Waals surface area (Å²) >= 11 is 0. The van der Waals surface area contributed by atoms with Crippen LogP contribution in [0.5, 0.6) is 0 Å². The number of hydrogen-bond acceptors (Lipinski definition) is 2. The van der Waals surface area contributed by atoms with Gasteiger partial charge >= 0.3 is 0 Å². The number of aliphatic imine (C=N–C) groups is 1. The third kappa shape index (κ3) is 4.40. The highest BCUT2D eigenvalue weighted by Crippen LogP contribution is 2.16. The van der Waals surface area contributed by atoms with Gasteiger partial charge in [-0.2, -0.15) is 0 Å². The SMILES string of the molecule is CN=C(NCCc1ccc(F)cc1F)N1CCC(COC)C1. The van der Waals surface area contributed by atoms with Crippen molar-refractivity contribution in [3.63, 3.8) is 0 Å². The number of ether oxygens (including phenoxy) is 1. The van der Waals surface area contributed by atoms with E-state index in [-0.39, 0.29) is 0 Å². The fourth-order valence-electron chi connectivity index (χ4n) is 2.76. The Morgan fingerprint density at radius 2 is 2.27 bits per heavy atom. The van der Waals surface area contributed by atoms with E-state index in [1.165, 1.54) is 12.1 Å². The highest BCUT2D eigenvalue weighted by atomic mass is 19.1. The average Bonchev–Trinajstić information content (AvgIpc) is 2.94. The highest BCUT2D eigenvalue weighted by Gasteiger charge is 2.24. The summed E-state index contributed by atoms with van der Waals surface area (Å²) in [6, 6.07) is 3.68. The molecule has 1 unspecified atom stereocenters. The van der Waals surface area contributed by atoms with Crippen LogP contribution in [-0.2, 0) is 11.2 Å². The second-order valence-electron chi connectivity index (χ2n) is 5.52. The molecule has 2 rings (SSSR count). The first-order valence-electron chi connectivity index (χ1n) is 7.52. The van der Waals surface area contributed by atoms with E-state index in [4.69, 9.17) is 4.74 Å². The monoisotopic (exact) mass is 311 g/mol. The molecule has 1 aromatic carbocycles. The lowest BCUT2D eigenvalue weighted by molar-refractivity contribution is 0.157. The molecule has 122 valence electrons. The molecule has 1 saturated heterocycles. The van der Waals surface area contributed by atoms with Crippen LogP contribution < -0.4 is 5.32 Å². The second kappa shape index (κ2) is 8.08. The van der Waals surface area contributed by atoms with E-state index >= 15 is 0 Å². The molecule has 0 saturated carbocycles. The number of nitrogens with zero attached hydrogens (tertiary/aromatic N) is 2.